The average molecular weight is 241 g/mol. The van der Waals surface area contributed by atoms with Crippen LogP contribution >= 0.6 is 0 Å². The van der Waals surface area contributed by atoms with Crippen LogP contribution in [0.3, 0.4) is 0 Å². The van der Waals surface area contributed by atoms with Crippen LogP contribution in [0.1, 0.15) is 63.0 Å². The van der Waals surface area contributed by atoms with E-state index in [2.05, 4.69) is 32.0 Å². The third kappa shape index (κ3) is 2.93. The fourth-order valence-corrected chi connectivity index (χ4v) is 3.39. The lowest BCUT2D eigenvalue weighted by molar-refractivity contribution is 0.218. The first-order chi connectivity index (χ1) is 8.74. The van der Waals surface area contributed by atoms with E-state index in [1.807, 2.05) is 12.1 Å². The zero-order valence-corrected chi connectivity index (χ0v) is 11.5. The molecule has 0 radical (unpaired) electrons. The molecule has 1 aliphatic carbocycles. The molecule has 0 aromatic heterocycles. The van der Waals surface area contributed by atoms with Crippen molar-refractivity contribution in [2.75, 3.05) is 0 Å². The molecule has 2 rings (SSSR count). The van der Waals surface area contributed by atoms with Crippen molar-refractivity contribution >= 4 is 0 Å². The van der Waals surface area contributed by atoms with Crippen molar-refractivity contribution in [3.63, 3.8) is 0 Å². The zero-order chi connectivity index (χ0) is 13.0. The highest BCUT2D eigenvalue weighted by molar-refractivity contribution is 5.33. The minimum atomic E-state index is 0.709. The SMILES string of the molecule is CCCC1CCC(c2ccc(C#N)cc2)CC1C. The summed E-state index contributed by atoms with van der Waals surface area (Å²) < 4.78 is 0. The van der Waals surface area contributed by atoms with Crippen LogP contribution in [0.5, 0.6) is 0 Å². The van der Waals surface area contributed by atoms with E-state index in [-0.39, 0.29) is 0 Å². The van der Waals surface area contributed by atoms with E-state index in [1.165, 1.54) is 37.7 Å². The molecule has 1 saturated carbocycles. The summed E-state index contributed by atoms with van der Waals surface area (Å²) in [6, 6.07) is 10.4. The highest BCUT2D eigenvalue weighted by Crippen LogP contribution is 2.41. The summed E-state index contributed by atoms with van der Waals surface area (Å²) in [5, 5.41) is 8.82. The molecule has 1 aromatic rings. The second-order valence-corrected chi connectivity index (χ2v) is 5.77. The maximum absolute atomic E-state index is 8.82. The largest absolute Gasteiger partial charge is 0.192 e. The average Bonchev–Trinajstić information content (AvgIpc) is 2.41. The summed E-state index contributed by atoms with van der Waals surface area (Å²) in [5.41, 5.74) is 2.20. The topological polar surface area (TPSA) is 23.8 Å². The maximum Gasteiger partial charge on any atom is 0.0991 e. The molecule has 0 saturated heterocycles. The highest BCUT2D eigenvalue weighted by Gasteiger charge is 2.27. The second kappa shape index (κ2) is 6.05. The smallest absolute Gasteiger partial charge is 0.0991 e. The van der Waals surface area contributed by atoms with Crippen LogP contribution in [0, 0.1) is 23.2 Å². The van der Waals surface area contributed by atoms with Crippen molar-refractivity contribution in [1.29, 1.82) is 5.26 Å². The molecule has 0 amide bonds. The van der Waals surface area contributed by atoms with E-state index in [0.29, 0.717) is 5.92 Å². The molecule has 3 atom stereocenters. The van der Waals surface area contributed by atoms with E-state index in [1.54, 1.807) is 0 Å². The van der Waals surface area contributed by atoms with Gasteiger partial charge >= 0.3 is 0 Å². The van der Waals surface area contributed by atoms with Gasteiger partial charge in [0.05, 0.1) is 11.6 Å². The number of benzene rings is 1. The van der Waals surface area contributed by atoms with Crippen molar-refractivity contribution in [3.8, 4) is 6.07 Å². The summed E-state index contributed by atoms with van der Waals surface area (Å²) in [5.74, 6) is 2.49. The van der Waals surface area contributed by atoms with Crippen LogP contribution in [-0.4, -0.2) is 0 Å². The quantitative estimate of drug-likeness (QED) is 0.740. The Morgan fingerprint density at radius 2 is 1.94 bits per heavy atom. The summed E-state index contributed by atoms with van der Waals surface area (Å²) in [6.45, 7) is 4.70. The lowest BCUT2D eigenvalue weighted by Gasteiger charge is -2.34. The summed E-state index contributed by atoms with van der Waals surface area (Å²) in [6.07, 6.45) is 6.72. The molecule has 1 aliphatic rings. The number of nitriles is 1. The van der Waals surface area contributed by atoms with Crippen molar-refractivity contribution in [3.05, 3.63) is 35.4 Å². The predicted molar refractivity (Wildman–Crippen MR) is 75.3 cm³/mol. The number of hydrogen-bond acceptors (Lipinski definition) is 1. The Morgan fingerprint density at radius 3 is 2.50 bits per heavy atom. The Bertz CT molecular complexity index is 412. The van der Waals surface area contributed by atoms with Gasteiger partial charge in [0, 0.05) is 0 Å². The van der Waals surface area contributed by atoms with E-state index < -0.39 is 0 Å². The molecule has 1 heteroatoms. The van der Waals surface area contributed by atoms with Crippen molar-refractivity contribution in [2.24, 2.45) is 11.8 Å². The molecule has 0 spiro atoms. The van der Waals surface area contributed by atoms with Gasteiger partial charge in [-0.2, -0.15) is 5.26 Å². The lowest BCUT2D eigenvalue weighted by Crippen LogP contribution is -2.21. The molecule has 0 heterocycles. The summed E-state index contributed by atoms with van der Waals surface area (Å²) in [7, 11) is 0. The fourth-order valence-electron chi connectivity index (χ4n) is 3.39. The van der Waals surface area contributed by atoms with Gasteiger partial charge in [-0.1, -0.05) is 38.8 Å². The minimum absolute atomic E-state index is 0.709. The van der Waals surface area contributed by atoms with Gasteiger partial charge in [-0.15, -0.1) is 0 Å². The zero-order valence-electron chi connectivity index (χ0n) is 11.5. The molecular formula is C17H23N. The van der Waals surface area contributed by atoms with Crippen LogP contribution in [0.25, 0.3) is 0 Å². The molecule has 1 nitrogen and oxygen atoms in total. The van der Waals surface area contributed by atoms with E-state index >= 15 is 0 Å². The van der Waals surface area contributed by atoms with Gasteiger partial charge in [0.1, 0.15) is 0 Å². The van der Waals surface area contributed by atoms with Crippen molar-refractivity contribution < 1.29 is 0 Å². The molecule has 96 valence electrons. The standard InChI is InChI=1S/C17H23N/c1-3-4-15-9-10-17(11-13(15)2)16-7-5-14(12-18)6-8-16/h5-8,13,15,17H,3-4,9-11H2,1-2H3. The fraction of sp³-hybridized carbons (Fsp3) is 0.588. The Hall–Kier alpha value is -1.29. The van der Waals surface area contributed by atoms with Crippen molar-refractivity contribution in [1.82, 2.24) is 0 Å². The van der Waals surface area contributed by atoms with Gasteiger partial charge in [-0.05, 0) is 54.7 Å². The summed E-state index contributed by atoms with van der Waals surface area (Å²) in [4.78, 5) is 0. The normalized spacial score (nSPS) is 27.7. The van der Waals surface area contributed by atoms with Gasteiger partial charge in [0.15, 0.2) is 0 Å². The molecule has 0 aliphatic heterocycles. The monoisotopic (exact) mass is 241 g/mol. The van der Waals surface area contributed by atoms with Crippen LogP contribution in [0.15, 0.2) is 24.3 Å². The van der Waals surface area contributed by atoms with Gasteiger partial charge in [-0.25, -0.2) is 0 Å². The first kappa shape index (κ1) is 13.1. The Kier molecular flexibility index (Phi) is 4.42. The second-order valence-electron chi connectivity index (χ2n) is 5.77. The molecule has 3 unspecified atom stereocenters. The first-order valence-corrected chi connectivity index (χ1v) is 7.24. The van der Waals surface area contributed by atoms with Crippen LogP contribution < -0.4 is 0 Å². The third-order valence-electron chi connectivity index (χ3n) is 4.52. The Labute approximate surface area is 111 Å². The number of nitrogens with zero attached hydrogens (tertiary/aromatic N) is 1. The molecular weight excluding hydrogens is 218 g/mol. The summed E-state index contributed by atoms with van der Waals surface area (Å²) >= 11 is 0. The number of hydrogen-bond donors (Lipinski definition) is 0. The van der Waals surface area contributed by atoms with Gasteiger partial charge < -0.3 is 0 Å². The van der Waals surface area contributed by atoms with E-state index in [0.717, 1.165) is 17.4 Å². The van der Waals surface area contributed by atoms with Gasteiger partial charge in [-0.3, -0.25) is 0 Å². The van der Waals surface area contributed by atoms with Crippen LogP contribution in [-0.2, 0) is 0 Å². The van der Waals surface area contributed by atoms with Crippen LogP contribution in [0.2, 0.25) is 0 Å². The maximum atomic E-state index is 8.82. The molecule has 1 fully saturated rings. The third-order valence-corrected chi connectivity index (χ3v) is 4.52. The molecule has 0 bridgehead atoms. The predicted octanol–water partition coefficient (Wildman–Crippen LogP) is 4.88. The lowest BCUT2D eigenvalue weighted by atomic mass is 9.71. The molecule has 0 N–H and O–H groups in total. The first-order valence-electron chi connectivity index (χ1n) is 7.24. The molecule has 18 heavy (non-hydrogen) atoms. The minimum Gasteiger partial charge on any atom is -0.192 e. The van der Waals surface area contributed by atoms with E-state index in [4.69, 9.17) is 5.26 Å². The Balaban J connectivity index is 2.01. The number of rotatable bonds is 3. The van der Waals surface area contributed by atoms with Gasteiger partial charge in [0.25, 0.3) is 0 Å². The van der Waals surface area contributed by atoms with Gasteiger partial charge in [0.2, 0.25) is 0 Å². The van der Waals surface area contributed by atoms with Crippen molar-refractivity contribution in [2.45, 2.75) is 51.9 Å². The van der Waals surface area contributed by atoms with E-state index in [9.17, 15) is 0 Å². The highest BCUT2D eigenvalue weighted by atomic mass is 14.3. The van der Waals surface area contributed by atoms with Crippen LogP contribution in [0.4, 0.5) is 0 Å². The Morgan fingerprint density at radius 1 is 1.22 bits per heavy atom. The molecule has 1 aromatic carbocycles.